The summed E-state index contributed by atoms with van der Waals surface area (Å²) in [4.78, 5) is 0. The third kappa shape index (κ3) is 2.03. The maximum Gasteiger partial charge on any atom is 0.194 e. The Morgan fingerprint density at radius 1 is 1.24 bits per heavy atom. The summed E-state index contributed by atoms with van der Waals surface area (Å²) in [5.74, 6) is -4.21. The van der Waals surface area contributed by atoms with Gasteiger partial charge in [0.2, 0.25) is 0 Å². The molecule has 17 heavy (non-hydrogen) atoms. The number of benzene rings is 1. The van der Waals surface area contributed by atoms with Crippen LogP contribution in [0.1, 0.15) is 17.4 Å². The maximum absolute atomic E-state index is 13.0. The Bertz CT molecular complexity index is 530. The smallest absolute Gasteiger partial charge is 0.194 e. The number of hydrogen-bond donors (Lipinski definition) is 1. The van der Waals surface area contributed by atoms with Crippen LogP contribution in [-0.4, -0.2) is 14.9 Å². The van der Waals surface area contributed by atoms with Crippen LogP contribution in [0.2, 0.25) is 0 Å². The first-order valence-corrected chi connectivity index (χ1v) is 4.81. The monoisotopic (exact) mass is 242 g/mol. The topological polar surface area (TPSA) is 38.0 Å². The average Bonchev–Trinajstić information content (AvgIpc) is 2.70. The molecule has 3 nitrogen and oxygen atoms in total. The normalized spacial score (nSPS) is 12.8. The largest absolute Gasteiger partial charge is 0.382 e. The Labute approximate surface area is 95.1 Å². The molecule has 0 aliphatic heterocycles. The highest BCUT2D eigenvalue weighted by Gasteiger charge is 2.18. The summed E-state index contributed by atoms with van der Waals surface area (Å²) in [6, 6.07) is 3.02. The summed E-state index contributed by atoms with van der Waals surface area (Å²) in [6.07, 6.45) is 0.182. The number of aliphatic hydroxyl groups excluding tert-OH is 1. The standard InChI is InChI=1S/C11H9F3N2O/c1-16-9(2-3-15-16)11(17)6-4-7(12)10(14)8(13)5-6/h2-5,11,17H,1H3. The van der Waals surface area contributed by atoms with Gasteiger partial charge in [-0.25, -0.2) is 13.2 Å². The van der Waals surface area contributed by atoms with E-state index >= 15 is 0 Å². The van der Waals surface area contributed by atoms with Gasteiger partial charge >= 0.3 is 0 Å². The first kappa shape index (κ1) is 11.7. The zero-order chi connectivity index (χ0) is 12.6. The summed E-state index contributed by atoms with van der Waals surface area (Å²) in [7, 11) is 1.58. The zero-order valence-electron chi connectivity index (χ0n) is 8.86. The highest BCUT2D eigenvalue weighted by molar-refractivity contribution is 5.27. The Hall–Kier alpha value is -1.82. The molecule has 1 N–H and O–H groups in total. The van der Waals surface area contributed by atoms with Gasteiger partial charge in [-0.1, -0.05) is 0 Å². The number of rotatable bonds is 2. The number of aliphatic hydroxyl groups is 1. The van der Waals surface area contributed by atoms with Gasteiger partial charge in [0.15, 0.2) is 17.5 Å². The van der Waals surface area contributed by atoms with E-state index < -0.39 is 23.6 Å². The Morgan fingerprint density at radius 2 is 1.82 bits per heavy atom. The molecule has 1 aromatic carbocycles. The number of nitrogens with zero attached hydrogens (tertiary/aromatic N) is 2. The van der Waals surface area contributed by atoms with Crippen molar-refractivity contribution in [3.05, 3.63) is 53.1 Å². The minimum absolute atomic E-state index is 0.0648. The van der Waals surface area contributed by atoms with E-state index in [1.165, 1.54) is 16.9 Å². The fourth-order valence-electron chi connectivity index (χ4n) is 1.56. The predicted octanol–water partition coefficient (Wildman–Crippen LogP) is 1.92. The van der Waals surface area contributed by atoms with Crippen LogP contribution in [0.25, 0.3) is 0 Å². The number of aromatic nitrogens is 2. The van der Waals surface area contributed by atoms with Gasteiger partial charge in [-0.2, -0.15) is 5.10 Å². The minimum Gasteiger partial charge on any atom is -0.382 e. The summed E-state index contributed by atoms with van der Waals surface area (Å²) in [5.41, 5.74) is 0.292. The molecule has 1 aromatic heterocycles. The van der Waals surface area contributed by atoms with Gasteiger partial charge in [0.25, 0.3) is 0 Å². The van der Waals surface area contributed by atoms with Crippen molar-refractivity contribution in [1.82, 2.24) is 9.78 Å². The number of aryl methyl sites for hydroxylation is 1. The molecule has 0 saturated carbocycles. The van der Waals surface area contributed by atoms with E-state index in [2.05, 4.69) is 5.10 Å². The zero-order valence-corrected chi connectivity index (χ0v) is 8.86. The summed E-state index contributed by atoms with van der Waals surface area (Å²) >= 11 is 0. The minimum atomic E-state index is -1.55. The van der Waals surface area contributed by atoms with Crippen LogP contribution >= 0.6 is 0 Å². The first-order valence-electron chi connectivity index (χ1n) is 4.81. The van der Waals surface area contributed by atoms with E-state index in [-0.39, 0.29) is 5.56 Å². The summed E-state index contributed by atoms with van der Waals surface area (Å²) in [5, 5.41) is 13.7. The van der Waals surface area contributed by atoms with Crippen molar-refractivity contribution in [1.29, 1.82) is 0 Å². The van der Waals surface area contributed by atoms with Gasteiger partial charge in [-0.05, 0) is 23.8 Å². The van der Waals surface area contributed by atoms with Crippen molar-refractivity contribution >= 4 is 0 Å². The van der Waals surface area contributed by atoms with E-state index in [0.29, 0.717) is 5.69 Å². The Balaban J connectivity index is 2.45. The van der Waals surface area contributed by atoms with Crippen LogP contribution in [0.3, 0.4) is 0 Å². The molecular formula is C11H9F3N2O. The second-order valence-electron chi connectivity index (χ2n) is 3.58. The molecule has 6 heteroatoms. The molecule has 1 unspecified atom stereocenters. The van der Waals surface area contributed by atoms with Crippen molar-refractivity contribution in [2.45, 2.75) is 6.10 Å². The molecule has 0 amide bonds. The molecule has 0 aliphatic rings. The first-order chi connectivity index (χ1) is 8.00. The Kier molecular flexibility index (Phi) is 2.89. The lowest BCUT2D eigenvalue weighted by Crippen LogP contribution is -2.08. The van der Waals surface area contributed by atoms with Crippen LogP contribution in [-0.2, 0) is 7.05 Å². The summed E-state index contributed by atoms with van der Waals surface area (Å²) in [6.45, 7) is 0. The SMILES string of the molecule is Cn1nccc1C(O)c1cc(F)c(F)c(F)c1. The van der Waals surface area contributed by atoms with Crippen LogP contribution in [0.4, 0.5) is 13.2 Å². The van der Waals surface area contributed by atoms with Crippen LogP contribution in [0.15, 0.2) is 24.4 Å². The molecule has 0 bridgehead atoms. The average molecular weight is 242 g/mol. The highest BCUT2D eigenvalue weighted by Crippen LogP contribution is 2.24. The summed E-state index contributed by atoms with van der Waals surface area (Å²) < 4.78 is 40.1. The van der Waals surface area contributed by atoms with Gasteiger partial charge in [0.1, 0.15) is 6.10 Å². The molecule has 0 radical (unpaired) electrons. The quantitative estimate of drug-likeness (QED) is 0.817. The molecule has 0 spiro atoms. The van der Waals surface area contributed by atoms with Gasteiger partial charge in [0, 0.05) is 13.2 Å². The van der Waals surface area contributed by atoms with Crippen LogP contribution < -0.4 is 0 Å². The number of hydrogen-bond acceptors (Lipinski definition) is 2. The van der Waals surface area contributed by atoms with E-state index in [4.69, 9.17) is 0 Å². The molecule has 1 heterocycles. The fourth-order valence-corrected chi connectivity index (χ4v) is 1.56. The lowest BCUT2D eigenvalue weighted by molar-refractivity contribution is 0.208. The van der Waals surface area contributed by atoms with Crippen molar-refractivity contribution in [3.8, 4) is 0 Å². The van der Waals surface area contributed by atoms with Gasteiger partial charge in [-0.3, -0.25) is 4.68 Å². The molecule has 1 atom stereocenters. The molecule has 0 fully saturated rings. The molecular weight excluding hydrogens is 233 g/mol. The lowest BCUT2D eigenvalue weighted by Gasteiger charge is -2.12. The second kappa shape index (κ2) is 4.21. The van der Waals surface area contributed by atoms with E-state index in [1.807, 2.05) is 0 Å². The van der Waals surface area contributed by atoms with Crippen LogP contribution in [0, 0.1) is 17.5 Å². The lowest BCUT2D eigenvalue weighted by atomic mass is 10.1. The Morgan fingerprint density at radius 3 is 2.29 bits per heavy atom. The van der Waals surface area contributed by atoms with E-state index in [1.54, 1.807) is 7.05 Å². The predicted molar refractivity (Wildman–Crippen MR) is 53.6 cm³/mol. The van der Waals surface area contributed by atoms with Gasteiger partial charge < -0.3 is 5.11 Å². The van der Waals surface area contributed by atoms with Crippen molar-refractivity contribution in [3.63, 3.8) is 0 Å². The fraction of sp³-hybridized carbons (Fsp3) is 0.182. The van der Waals surface area contributed by atoms with Gasteiger partial charge in [-0.15, -0.1) is 0 Å². The highest BCUT2D eigenvalue weighted by atomic mass is 19.2. The third-order valence-electron chi connectivity index (χ3n) is 2.46. The molecule has 90 valence electrons. The van der Waals surface area contributed by atoms with Crippen molar-refractivity contribution in [2.75, 3.05) is 0 Å². The molecule has 2 rings (SSSR count). The van der Waals surface area contributed by atoms with E-state index in [0.717, 1.165) is 12.1 Å². The molecule has 0 aliphatic carbocycles. The molecule has 0 saturated heterocycles. The maximum atomic E-state index is 13.0. The third-order valence-corrected chi connectivity index (χ3v) is 2.46. The van der Waals surface area contributed by atoms with Crippen LogP contribution in [0.5, 0.6) is 0 Å². The number of halogens is 3. The van der Waals surface area contributed by atoms with Crippen molar-refractivity contribution in [2.24, 2.45) is 7.05 Å². The van der Waals surface area contributed by atoms with Gasteiger partial charge in [0.05, 0.1) is 5.69 Å². The van der Waals surface area contributed by atoms with Crippen molar-refractivity contribution < 1.29 is 18.3 Å². The van der Waals surface area contributed by atoms with E-state index in [9.17, 15) is 18.3 Å². The molecule has 2 aromatic rings. The second-order valence-corrected chi connectivity index (χ2v) is 3.58.